The molecule has 0 saturated carbocycles. The van der Waals surface area contributed by atoms with Crippen LogP contribution >= 0.6 is 11.9 Å². The zero-order valence-corrected chi connectivity index (χ0v) is 8.03. The summed E-state index contributed by atoms with van der Waals surface area (Å²) in [4.78, 5) is 1.21. The van der Waals surface area contributed by atoms with E-state index in [2.05, 4.69) is 11.6 Å². The Labute approximate surface area is 77.7 Å². The van der Waals surface area contributed by atoms with Crippen LogP contribution in [0.25, 0.3) is 0 Å². The molecule has 0 saturated heterocycles. The Bertz CT molecular complexity index is 220. The normalized spacial score (nSPS) is 10.1. The van der Waals surface area contributed by atoms with Crippen LogP contribution in [0.4, 0.5) is 5.69 Å². The number of nitrogens with one attached hydrogen (secondary N) is 1. The van der Waals surface area contributed by atoms with Crippen molar-refractivity contribution in [1.29, 1.82) is 0 Å². The van der Waals surface area contributed by atoms with Gasteiger partial charge in [-0.25, -0.2) is 0 Å². The number of rotatable bonds is 4. The molecule has 12 heavy (non-hydrogen) atoms. The molecule has 0 heterocycles. The van der Waals surface area contributed by atoms with Gasteiger partial charge >= 0.3 is 0 Å². The number of nitrogens with two attached hydrogens (primary N) is 1. The Morgan fingerprint density at radius 1 is 1.33 bits per heavy atom. The Balaban J connectivity index is 2.37. The molecule has 3 heteroatoms. The summed E-state index contributed by atoms with van der Waals surface area (Å²) in [7, 11) is 0. The largest absolute Gasteiger partial charge is 0.399 e. The quantitative estimate of drug-likeness (QED) is 0.426. The van der Waals surface area contributed by atoms with Gasteiger partial charge in [-0.1, -0.05) is 6.92 Å². The topological polar surface area (TPSA) is 38.0 Å². The Morgan fingerprint density at radius 3 is 2.58 bits per heavy atom. The molecule has 0 aromatic heterocycles. The van der Waals surface area contributed by atoms with Crippen molar-refractivity contribution >= 4 is 17.6 Å². The average molecular weight is 182 g/mol. The summed E-state index contributed by atoms with van der Waals surface area (Å²) >= 11 is 1.65. The van der Waals surface area contributed by atoms with E-state index in [-0.39, 0.29) is 0 Å². The fraction of sp³-hybridized carbons (Fsp3) is 0.333. The van der Waals surface area contributed by atoms with E-state index in [4.69, 9.17) is 5.73 Å². The van der Waals surface area contributed by atoms with E-state index < -0.39 is 0 Å². The van der Waals surface area contributed by atoms with Crippen molar-refractivity contribution < 1.29 is 0 Å². The molecule has 1 aromatic rings. The molecular weight excluding hydrogens is 168 g/mol. The van der Waals surface area contributed by atoms with Crippen LogP contribution in [0.1, 0.15) is 13.3 Å². The fourth-order valence-electron chi connectivity index (χ4n) is 0.772. The summed E-state index contributed by atoms with van der Waals surface area (Å²) in [6.07, 6.45) is 1.15. The maximum absolute atomic E-state index is 5.55. The molecule has 0 fully saturated rings. The Morgan fingerprint density at radius 2 is 2.00 bits per heavy atom. The van der Waals surface area contributed by atoms with Crippen molar-refractivity contribution in [3.05, 3.63) is 24.3 Å². The van der Waals surface area contributed by atoms with Gasteiger partial charge in [0, 0.05) is 17.1 Å². The average Bonchev–Trinajstić information content (AvgIpc) is 2.09. The summed E-state index contributed by atoms with van der Waals surface area (Å²) in [6, 6.07) is 7.86. The van der Waals surface area contributed by atoms with Crippen LogP contribution in [0.15, 0.2) is 29.2 Å². The highest BCUT2D eigenvalue weighted by atomic mass is 32.2. The second-order valence-corrected chi connectivity index (χ2v) is 3.53. The molecule has 66 valence electrons. The molecule has 0 amide bonds. The zero-order valence-electron chi connectivity index (χ0n) is 7.21. The first-order valence-electron chi connectivity index (χ1n) is 4.08. The molecule has 0 radical (unpaired) electrons. The standard InChI is InChI=1S/C9H14N2S/c1-2-7-11-12-9-5-3-8(10)4-6-9/h3-6,11H,2,7,10H2,1H3. The number of benzene rings is 1. The van der Waals surface area contributed by atoms with Crippen LogP contribution in [-0.4, -0.2) is 6.54 Å². The monoisotopic (exact) mass is 182 g/mol. The van der Waals surface area contributed by atoms with Gasteiger partial charge in [0.2, 0.25) is 0 Å². The summed E-state index contributed by atoms with van der Waals surface area (Å²) in [5.41, 5.74) is 6.37. The van der Waals surface area contributed by atoms with Crippen LogP contribution in [0.2, 0.25) is 0 Å². The maximum atomic E-state index is 5.55. The molecular formula is C9H14N2S. The minimum absolute atomic E-state index is 0.815. The summed E-state index contributed by atoms with van der Waals surface area (Å²) in [5, 5.41) is 0. The number of hydrogen-bond donors (Lipinski definition) is 2. The lowest BCUT2D eigenvalue weighted by Crippen LogP contribution is -2.03. The van der Waals surface area contributed by atoms with Gasteiger partial charge < -0.3 is 5.73 Å². The summed E-state index contributed by atoms with van der Waals surface area (Å²) in [6.45, 7) is 3.19. The first-order chi connectivity index (χ1) is 5.83. The van der Waals surface area contributed by atoms with Crippen LogP contribution in [0, 0.1) is 0 Å². The van der Waals surface area contributed by atoms with Crippen molar-refractivity contribution in [2.45, 2.75) is 18.2 Å². The third-order valence-electron chi connectivity index (χ3n) is 1.42. The molecule has 0 spiro atoms. The molecule has 1 rings (SSSR count). The Kier molecular flexibility index (Phi) is 3.97. The zero-order chi connectivity index (χ0) is 8.81. The van der Waals surface area contributed by atoms with E-state index in [1.807, 2.05) is 24.3 Å². The maximum Gasteiger partial charge on any atom is 0.0314 e. The van der Waals surface area contributed by atoms with Crippen LogP contribution in [-0.2, 0) is 0 Å². The summed E-state index contributed by atoms with van der Waals surface area (Å²) in [5.74, 6) is 0. The third kappa shape index (κ3) is 3.15. The van der Waals surface area contributed by atoms with Gasteiger partial charge in [0.15, 0.2) is 0 Å². The second-order valence-electron chi connectivity index (χ2n) is 2.57. The van der Waals surface area contributed by atoms with E-state index >= 15 is 0 Å². The van der Waals surface area contributed by atoms with Gasteiger partial charge in [-0.05, 0) is 42.6 Å². The van der Waals surface area contributed by atoms with Gasteiger partial charge in [-0.3, -0.25) is 4.72 Å². The van der Waals surface area contributed by atoms with Gasteiger partial charge in [0.05, 0.1) is 0 Å². The molecule has 0 atom stereocenters. The molecule has 2 nitrogen and oxygen atoms in total. The van der Waals surface area contributed by atoms with Crippen LogP contribution in [0.5, 0.6) is 0 Å². The van der Waals surface area contributed by atoms with Crippen molar-refractivity contribution in [2.75, 3.05) is 12.3 Å². The lowest BCUT2D eigenvalue weighted by Gasteiger charge is -2.01. The molecule has 3 N–H and O–H groups in total. The minimum Gasteiger partial charge on any atom is -0.399 e. The second kappa shape index (κ2) is 5.06. The highest BCUT2D eigenvalue weighted by Crippen LogP contribution is 2.15. The SMILES string of the molecule is CCCNSc1ccc(N)cc1. The molecule has 0 aliphatic heterocycles. The highest BCUT2D eigenvalue weighted by Gasteiger charge is 1.91. The summed E-state index contributed by atoms with van der Waals surface area (Å²) < 4.78 is 3.25. The molecule has 0 unspecified atom stereocenters. The van der Waals surface area contributed by atoms with Gasteiger partial charge in [0.25, 0.3) is 0 Å². The molecule has 0 aliphatic carbocycles. The third-order valence-corrected chi connectivity index (χ3v) is 2.28. The van der Waals surface area contributed by atoms with Gasteiger partial charge in [0.1, 0.15) is 0 Å². The number of nitrogen functional groups attached to an aromatic ring is 1. The Hall–Kier alpha value is -0.670. The van der Waals surface area contributed by atoms with E-state index in [0.29, 0.717) is 0 Å². The van der Waals surface area contributed by atoms with E-state index in [1.165, 1.54) is 4.90 Å². The molecule has 0 bridgehead atoms. The molecule has 1 aromatic carbocycles. The highest BCUT2D eigenvalue weighted by molar-refractivity contribution is 7.97. The van der Waals surface area contributed by atoms with Crippen molar-refractivity contribution in [3.63, 3.8) is 0 Å². The van der Waals surface area contributed by atoms with Crippen molar-refractivity contribution in [1.82, 2.24) is 4.72 Å². The predicted molar refractivity (Wildman–Crippen MR) is 55.0 cm³/mol. The van der Waals surface area contributed by atoms with Crippen molar-refractivity contribution in [2.24, 2.45) is 0 Å². The van der Waals surface area contributed by atoms with E-state index in [1.54, 1.807) is 11.9 Å². The van der Waals surface area contributed by atoms with E-state index in [9.17, 15) is 0 Å². The fourth-order valence-corrected chi connectivity index (χ4v) is 1.52. The minimum atomic E-state index is 0.815. The number of anilines is 1. The first kappa shape index (κ1) is 9.42. The van der Waals surface area contributed by atoms with Gasteiger partial charge in [-0.2, -0.15) is 0 Å². The van der Waals surface area contributed by atoms with Crippen molar-refractivity contribution in [3.8, 4) is 0 Å². The molecule has 0 aliphatic rings. The smallest absolute Gasteiger partial charge is 0.0314 e. The van der Waals surface area contributed by atoms with Gasteiger partial charge in [-0.15, -0.1) is 0 Å². The number of hydrogen-bond acceptors (Lipinski definition) is 3. The van der Waals surface area contributed by atoms with Crippen LogP contribution in [0.3, 0.4) is 0 Å². The first-order valence-corrected chi connectivity index (χ1v) is 4.90. The lowest BCUT2D eigenvalue weighted by atomic mass is 10.3. The lowest BCUT2D eigenvalue weighted by molar-refractivity contribution is 0.877. The van der Waals surface area contributed by atoms with Crippen LogP contribution < -0.4 is 10.5 Å². The van der Waals surface area contributed by atoms with E-state index in [0.717, 1.165) is 18.7 Å². The predicted octanol–water partition coefficient (Wildman–Crippen LogP) is 2.28.